The Morgan fingerprint density at radius 2 is 0.900 bits per heavy atom. The highest BCUT2D eigenvalue weighted by Gasteiger charge is 2.20. The van der Waals surface area contributed by atoms with Crippen molar-refractivity contribution in [2.75, 3.05) is 4.90 Å². The highest BCUT2D eigenvalue weighted by Crippen LogP contribution is 2.40. The van der Waals surface area contributed by atoms with Gasteiger partial charge >= 0.3 is 0 Å². The SMILES string of the molecule is Cc1ccc(C(c2ccccc2)c2cc(C)c3cc(N(c4ccccc4)c4ccc(C)cc4)cc(C)c3c2)cc1. The fraction of sp³-hybridized carbons (Fsp3) is 0.128. The second kappa shape index (κ2) is 10.9. The first-order valence-electron chi connectivity index (χ1n) is 14.1. The van der Waals surface area contributed by atoms with Crippen molar-refractivity contribution < 1.29 is 0 Å². The summed E-state index contributed by atoms with van der Waals surface area (Å²) in [5.74, 6) is 0.178. The van der Waals surface area contributed by atoms with Gasteiger partial charge in [0.15, 0.2) is 0 Å². The molecule has 0 heterocycles. The van der Waals surface area contributed by atoms with Gasteiger partial charge in [-0.15, -0.1) is 0 Å². The Balaban J connectivity index is 1.51. The predicted octanol–water partition coefficient (Wildman–Crippen LogP) is 10.7. The third kappa shape index (κ3) is 5.03. The Morgan fingerprint density at radius 3 is 1.55 bits per heavy atom. The number of hydrogen-bond acceptors (Lipinski definition) is 1. The molecule has 0 fully saturated rings. The molecular formula is C39H35N. The van der Waals surface area contributed by atoms with Crippen LogP contribution in [-0.2, 0) is 0 Å². The molecule has 0 N–H and O–H groups in total. The van der Waals surface area contributed by atoms with Crippen LogP contribution >= 0.6 is 0 Å². The molecule has 6 aromatic rings. The zero-order valence-corrected chi connectivity index (χ0v) is 23.7. The second-order valence-electron chi connectivity index (χ2n) is 11.0. The van der Waals surface area contributed by atoms with E-state index in [4.69, 9.17) is 0 Å². The Kier molecular flexibility index (Phi) is 6.97. The highest BCUT2D eigenvalue weighted by molar-refractivity contribution is 5.94. The number of anilines is 3. The molecule has 0 spiro atoms. The Hall–Kier alpha value is -4.62. The van der Waals surface area contributed by atoms with E-state index in [0.717, 1.165) is 11.4 Å². The van der Waals surface area contributed by atoms with E-state index in [9.17, 15) is 0 Å². The molecule has 6 rings (SSSR count). The molecule has 1 atom stereocenters. The van der Waals surface area contributed by atoms with Crippen molar-refractivity contribution in [3.05, 3.63) is 172 Å². The zero-order chi connectivity index (χ0) is 27.6. The molecule has 0 saturated heterocycles. The maximum absolute atomic E-state index is 2.41. The van der Waals surface area contributed by atoms with Crippen LogP contribution in [0.5, 0.6) is 0 Å². The van der Waals surface area contributed by atoms with Crippen molar-refractivity contribution in [1.82, 2.24) is 0 Å². The fourth-order valence-electron chi connectivity index (χ4n) is 5.83. The third-order valence-electron chi connectivity index (χ3n) is 7.93. The number of para-hydroxylation sites is 1. The van der Waals surface area contributed by atoms with Gasteiger partial charge in [-0.1, -0.05) is 102 Å². The van der Waals surface area contributed by atoms with E-state index >= 15 is 0 Å². The molecule has 0 bridgehead atoms. The predicted molar refractivity (Wildman–Crippen MR) is 171 cm³/mol. The van der Waals surface area contributed by atoms with Crippen LogP contribution in [0.3, 0.4) is 0 Å². The van der Waals surface area contributed by atoms with E-state index in [1.807, 2.05) is 0 Å². The van der Waals surface area contributed by atoms with Crippen LogP contribution in [0.15, 0.2) is 133 Å². The van der Waals surface area contributed by atoms with Crippen LogP contribution in [0.2, 0.25) is 0 Å². The van der Waals surface area contributed by atoms with Crippen LogP contribution in [0.25, 0.3) is 10.8 Å². The molecule has 1 unspecified atom stereocenters. The van der Waals surface area contributed by atoms with E-state index in [1.54, 1.807) is 0 Å². The number of rotatable bonds is 6. The quantitative estimate of drug-likeness (QED) is 0.199. The second-order valence-corrected chi connectivity index (χ2v) is 11.0. The van der Waals surface area contributed by atoms with Gasteiger partial charge < -0.3 is 4.90 Å². The summed E-state index contributed by atoms with van der Waals surface area (Å²) in [6.07, 6.45) is 0. The first kappa shape index (κ1) is 25.6. The smallest absolute Gasteiger partial charge is 0.0470 e. The molecule has 0 aliphatic heterocycles. The summed E-state index contributed by atoms with van der Waals surface area (Å²) in [6, 6.07) is 48.8. The average molecular weight is 518 g/mol. The van der Waals surface area contributed by atoms with Gasteiger partial charge in [-0.3, -0.25) is 0 Å². The zero-order valence-electron chi connectivity index (χ0n) is 23.7. The van der Waals surface area contributed by atoms with E-state index in [2.05, 4.69) is 166 Å². The summed E-state index contributed by atoms with van der Waals surface area (Å²) in [4.78, 5) is 2.36. The van der Waals surface area contributed by atoms with Crippen molar-refractivity contribution in [3.63, 3.8) is 0 Å². The molecule has 0 aromatic heterocycles. The summed E-state index contributed by atoms with van der Waals surface area (Å²) >= 11 is 0. The van der Waals surface area contributed by atoms with E-state index in [-0.39, 0.29) is 5.92 Å². The van der Waals surface area contributed by atoms with Crippen LogP contribution < -0.4 is 4.90 Å². The largest absolute Gasteiger partial charge is 0.310 e. The summed E-state index contributed by atoms with van der Waals surface area (Å²) in [6.45, 7) is 8.79. The van der Waals surface area contributed by atoms with Gasteiger partial charge in [0.2, 0.25) is 0 Å². The maximum atomic E-state index is 2.41. The topological polar surface area (TPSA) is 3.24 Å². The van der Waals surface area contributed by atoms with Crippen molar-refractivity contribution >= 4 is 27.8 Å². The van der Waals surface area contributed by atoms with Gasteiger partial charge in [-0.05, 0) is 109 Å². The molecule has 0 aliphatic rings. The fourth-order valence-corrected chi connectivity index (χ4v) is 5.83. The summed E-state index contributed by atoms with van der Waals surface area (Å²) in [7, 11) is 0. The Morgan fingerprint density at radius 1 is 0.400 bits per heavy atom. The van der Waals surface area contributed by atoms with Crippen LogP contribution in [-0.4, -0.2) is 0 Å². The van der Waals surface area contributed by atoms with E-state index in [1.165, 1.54) is 55.4 Å². The van der Waals surface area contributed by atoms with Gasteiger partial charge in [-0.2, -0.15) is 0 Å². The minimum Gasteiger partial charge on any atom is -0.310 e. The monoisotopic (exact) mass is 517 g/mol. The summed E-state index contributed by atoms with van der Waals surface area (Å²) in [5, 5.41) is 2.60. The number of benzene rings is 6. The number of nitrogens with zero attached hydrogens (tertiary/aromatic N) is 1. The van der Waals surface area contributed by atoms with Gasteiger partial charge in [0.25, 0.3) is 0 Å². The van der Waals surface area contributed by atoms with Crippen LogP contribution in [0.1, 0.15) is 44.9 Å². The third-order valence-corrected chi connectivity index (χ3v) is 7.93. The molecule has 0 saturated carbocycles. The van der Waals surface area contributed by atoms with Crippen molar-refractivity contribution in [1.29, 1.82) is 0 Å². The van der Waals surface area contributed by atoms with Crippen LogP contribution in [0.4, 0.5) is 17.1 Å². The Labute approximate surface area is 238 Å². The first-order chi connectivity index (χ1) is 19.5. The van der Waals surface area contributed by atoms with Crippen LogP contribution in [0, 0.1) is 27.7 Å². The molecule has 0 radical (unpaired) electrons. The highest BCUT2D eigenvalue weighted by atomic mass is 15.1. The Bertz CT molecular complexity index is 1610. The lowest BCUT2D eigenvalue weighted by Crippen LogP contribution is -2.10. The van der Waals surface area contributed by atoms with Gasteiger partial charge in [0, 0.05) is 23.0 Å². The summed E-state index contributed by atoms with van der Waals surface area (Å²) < 4.78 is 0. The van der Waals surface area contributed by atoms with Crippen molar-refractivity contribution in [2.24, 2.45) is 0 Å². The molecule has 1 heteroatoms. The number of hydrogen-bond donors (Lipinski definition) is 0. The first-order valence-corrected chi connectivity index (χ1v) is 14.1. The van der Waals surface area contributed by atoms with Gasteiger partial charge in [-0.25, -0.2) is 0 Å². The average Bonchev–Trinajstić information content (AvgIpc) is 2.97. The lowest BCUT2D eigenvalue weighted by molar-refractivity contribution is 0.976. The lowest BCUT2D eigenvalue weighted by Gasteiger charge is -2.27. The molecule has 196 valence electrons. The standard InChI is InChI=1S/C39H35N/c1-27-15-19-32(20-16-27)39(31-11-7-5-8-12-31)33-23-29(3)38-26-36(24-30(4)37(38)25-33)40(34-13-9-6-10-14-34)35-21-17-28(2)18-22-35/h5-26,39H,1-4H3. The lowest BCUT2D eigenvalue weighted by atomic mass is 9.82. The van der Waals surface area contributed by atoms with E-state index in [0.29, 0.717) is 0 Å². The minimum atomic E-state index is 0.178. The van der Waals surface area contributed by atoms with Gasteiger partial charge in [0.1, 0.15) is 0 Å². The normalized spacial score (nSPS) is 11.9. The van der Waals surface area contributed by atoms with E-state index < -0.39 is 0 Å². The number of aryl methyl sites for hydroxylation is 4. The molecule has 6 aromatic carbocycles. The molecular weight excluding hydrogens is 482 g/mol. The molecule has 1 nitrogen and oxygen atoms in total. The maximum Gasteiger partial charge on any atom is 0.0470 e. The van der Waals surface area contributed by atoms with Crippen molar-refractivity contribution in [2.45, 2.75) is 33.6 Å². The molecule has 40 heavy (non-hydrogen) atoms. The molecule has 0 aliphatic carbocycles. The summed E-state index contributed by atoms with van der Waals surface area (Å²) in [5.41, 5.74) is 12.6. The number of fused-ring (bicyclic) bond motifs is 1. The minimum absolute atomic E-state index is 0.178. The molecule has 0 amide bonds. The van der Waals surface area contributed by atoms with Gasteiger partial charge in [0.05, 0.1) is 0 Å². The van der Waals surface area contributed by atoms with Crippen molar-refractivity contribution in [3.8, 4) is 0 Å².